The lowest BCUT2D eigenvalue weighted by atomic mass is 9.94. The average Bonchev–Trinajstić information content (AvgIpc) is 2.59. The van der Waals surface area contributed by atoms with E-state index < -0.39 is 17.7 Å². The second kappa shape index (κ2) is 11.9. The molecule has 0 saturated carbocycles. The van der Waals surface area contributed by atoms with Crippen LogP contribution >= 0.6 is 0 Å². The van der Waals surface area contributed by atoms with Gasteiger partial charge in [0.1, 0.15) is 17.1 Å². The summed E-state index contributed by atoms with van der Waals surface area (Å²) >= 11 is 0. The van der Waals surface area contributed by atoms with Crippen molar-refractivity contribution in [2.45, 2.75) is 72.1 Å². The Hall–Kier alpha value is -2.76. The van der Waals surface area contributed by atoms with Crippen LogP contribution in [0.4, 0.5) is 0 Å². The number of phenolic OH excluding ortho intramolecular Hbond substituents is 1. The van der Waals surface area contributed by atoms with Gasteiger partial charge in [-0.1, -0.05) is 29.7 Å². The second-order valence-electron chi connectivity index (χ2n) is 7.59. The second-order valence-corrected chi connectivity index (χ2v) is 7.59. The number of benzene rings is 1. The van der Waals surface area contributed by atoms with Crippen molar-refractivity contribution < 1.29 is 30.0 Å². The zero-order valence-electron chi connectivity index (χ0n) is 17.5. The number of aromatic carboxylic acids is 1. The Labute approximate surface area is 172 Å². The number of carboxylic acids is 2. The molecule has 0 amide bonds. The van der Waals surface area contributed by atoms with Crippen molar-refractivity contribution in [3.63, 3.8) is 0 Å². The van der Waals surface area contributed by atoms with Crippen LogP contribution in [-0.4, -0.2) is 32.4 Å². The lowest BCUT2D eigenvalue weighted by Crippen LogP contribution is -2.06. The molecule has 0 aliphatic rings. The number of aromatic hydroxyl groups is 2. The van der Waals surface area contributed by atoms with Crippen LogP contribution in [0.2, 0.25) is 0 Å². The first-order chi connectivity index (χ1) is 13.6. The summed E-state index contributed by atoms with van der Waals surface area (Å²) in [5.74, 6) is -2.62. The molecule has 1 aromatic carbocycles. The van der Waals surface area contributed by atoms with Crippen molar-refractivity contribution in [2.24, 2.45) is 0 Å². The molecule has 0 heterocycles. The van der Waals surface area contributed by atoms with E-state index in [2.05, 4.69) is 6.08 Å². The van der Waals surface area contributed by atoms with Crippen molar-refractivity contribution in [1.29, 1.82) is 0 Å². The predicted octanol–water partition coefficient (Wildman–Crippen LogP) is 5.22. The monoisotopic (exact) mass is 404 g/mol. The smallest absolute Gasteiger partial charge is 0.339 e. The van der Waals surface area contributed by atoms with Crippen molar-refractivity contribution in [1.82, 2.24) is 0 Å². The fraction of sp³-hybridized carbons (Fsp3) is 0.478. The Balaban J connectivity index is 2.93. The Morgan fingerprint density at radius 3 is 2.24 bits per heavy atom. The van der Waals surface area contributed by atoms with Gasteiger partial charge in [0.2, 0.25) is 0 Å². The van der Waals surface area contributed by atoms with Gasteiger partial charge >= 0.3 is 11.9 Å². The summed E-state index contributed by atoms with van der Waals surface area (Å²) in [4.78, 5) is 22.2. The number of hydrogen-bond donors (Lipinski definition) is 4. The molecular weight excluding hydrogens is 372 g/mol. The highest BCUT2D eigenvalue weighted by Gasteiger charge is 2.21. The molecule has 0 spiro atoms. The number of phenols is 2. The standard InChI is InChI=1S/C23H32O6/c1-15(2)8-7-9-16(3)12-13-18-19(24)14-17(21(22(18)27)23(28)29)10-5-4-6-11-20(25)26/h8,12,14,24,27H,4-7,9-11,13H2,1-3H3,(H,25,26)(H,28,29)/b16-12+. The van der Waals surface area contributed by atoms with Crippen LogP contribution in [0.25, 0.3) is 0 Å². The van der Waals surface area contributed by atoms with E-state index in [1.54, 1.807) is 0 Å². The minimum absolute atomic E-state index is 0.0700. The lowest BCUT2D eigenvalue weighted by Gasteiger charge is -2.14. The largest absolute Gasteiger partial charge is 0.508 e. The third kappa shape index (κ3) is 8.42. The third-order valence-corrected chi connectivity index (χ3v) is 4.76. The van der Waals surface area contributed by atoms with E-state index in [9.17, 15) is 24.9 Å². The van der Waals surface area contributed by atoms with E-state index in [1.807, 2.05) is 26.8 Å². The highest BCUT2D eigenvalue weighted by molar-refractivity contribution is 5.93. The molecule has 4 N–H and O–H groups in total. The maximum absolute atomic E-state index is 11.7. The molecule has 160 valence electrons. The Morgan fingerprint density at radius 1 is 0.966 bits per heavy atom. The van der Waals surface area contributed by atoms with E-state index in [4.69, 9.17) is 5.11 Å². The molecule has 1 aromatic rings. The molecule has 0 fully saturated rings. The van der Waals surface area contributed by atoms with Crippen LogP contribution in [0.5, 0.6) is 11.5 Å². The predicted molar refractivity (Wildman–Crippen MR) is 113 cm³/mol. The Bertz CT molecular complexity index is 785. The Kier molecular flexibility index (Phi) is 10.00. The maximum Gasteiger partial charge on any atom is 0.339 e. The highest BCUT2D eigenvalue weighted by atomic mass is 16.4. The molecule has 0 radical (unpaired) electrons. The fourth-order valence-corrected chi connectivity index (χ4v) is 3.12. The van der Waals surface area contributed by atoms with Gasteiger partial charge in [0.15, 0.2) is 0 Å². The number of hydrogen-bond acceptors (Lipinski definition) is 4. The van der Waals surface area contributed by atoms with Crippen molar-refractivity contribution in [2.75, 3.05) is 0 Å². The number of aryl methyl sites for hydroxylation is 1. The molecule has 0 aliphatic heterocycles. The van der Waals surface area contributed by atoms with Crippen LogP contribution in [0.1, 0.15) is 80.8 Å². The summed E-state index contributed by atoms with van der Waals surface area (Å²) in [6.45, 7) is 6.04. The van der Waals surface area contributed by atoms with Crippen LogP contribution in [0, 0.1) is 0 Å². The third-order valence-electron chi connectivity index (χ3n) is 4.76. The van der Waals surface area contributed by atoms with Gasteiger partial charge in [0, 0.05) is 12.0 Å². The first-order valence-corrected chi connectivity index (χ1v) is 9.94. The molecule has 1 rings (SSSR count). The van der Waals surface area contributed by atoms with Gasteiger partial charge in [-0.25, -0.2) is 4.79 Å². The molecule has 29 heavy (non-hydrogen) atoms. The summed E-state index contributed by atoms with van der Waals surface area (Å²) in [7, 11) is 0. The van der Waals surface area contributed by atoms with E-state index in [0.29, 0.717) is 31.2 Å². The number of allylic oxidation sites excluding steroid dienone is 4. The molecule has 0 saturated heterocycles. The van der Waals surface area contributed by atoms with Gasteiger partial charge in [0.05, 0.1) is 0 Å². The molecule has 0 unspecified atom stereocenters. The van der Waals surface area contributed by atoms with Crippen LogP contribution in [0.3, 0.4) is 0 Å². The minimum Gasteiger partial charge on any atom is -0.508 e. The summed E-state index contributed by atoms with van der Waals surface area (Å²) in [5.41, 5.74) is 2.72. The number of carbonyl (C=O) groups is 2. The molecule has 0 aromatic heterocycles. The van der Waals surface area contributed by atoms with E-state index in [-0.39, 0.29) is 29.7 Å². The topological polar surface area (TPSA) is 115 Å². The van der Waals surface area contributed by atoms with Crippen LogP contribution < -0.4 is 0 Å². The van der Waals surface area contributed by atoms with Crippen molar-refractivity contribution >= 4 is 11.9 Å². The minimum atomic E-state index is -1.24. The molecule has 6 heteroatoms. The molecule has 6 nitrogen and oxygen atoms in total. The summed E-state index contributed by atoms with van der Waals surface area (Å²) < 4.78 is 0. The number of carboxylic acid groups (broad SMARTS) is 2. The average molecular weight is 405 g/mol. The van der Waals surface area contributed by atoms with Crippen molar-refractivity contribution in [3.8, 4) is 11.5 Å². The van der Waals surface area contributed by atoms with E-state index >= 15 is 0 Å². The Morgan fingerprint density at radius 2 is 1.66 bits per heavy atom. The van der Waals surface area contributed by atoms with E-state index in [0.717, 1.165) is 18.4 Å². The normalized spacial score (nSPS) is 11.3. The van der Waals surface area contributed by atoms with Gasteiger partial charge in [-0.2, -0.15) is 0 Å². The van der Waals surface area contributed by atoms with Crippen LogP contribution in [-0.2, 0) is 17.6 Å². The fourth-order valence-electron chi connectivity index (χ4n) is 3.12. The molecule has 0 aliphatic carbocycles. The zero-order valence-corrected chi connectivity index (χ0v) is 17.5. The summed E-state index contributed by atoms with van der Waals surface area (Å²) in [6, 6.07) is 1.40. The number of rotatable bonds is 12. The number of aliphatic carboxylic acids is 1. The maximum atomic E-state index is 11.7. The first kappa shape index (κ1) is 24.3. The SMILES string of the molecule is CC(C)=CCC/C(C)=C/Cc1c(O)cc(CCCCCC(=O)O)c(C(=O)O)c1O. The summed E-state index contributed by atoms with van der Waals surface area (Å²) in [5, 5.41) is 39.0. The highest BCUT2D eigenvalue weighted by Crippen LogP contribution is 2.35. The molecule has 0 atom stereocenters. The van der Waals surface area contributed by atoms with Crippen LogP contribution in [0.15, 0.2) is 29.4 Å². The number of unbranched alkanes of at least 4 members (excludes halogenated alkanes) is 2. The van der Waals surface area contributed by atoms with Gasteiger partial charge in [-0.15, -0.1) is 0 Å². The zero-order chi connectivity index (χ0) is 22.0. The van der Waals surface area contributed by atoms with Gasteiger partial charge in [-0.05, 0) is 70.9 Å². The van der Waals surface area contributed by atoms with Gasteiger partial charge in [0.25, 0.3) is 0 Å². The van der Waals surface area contributed by atoms with Gasteiger partial charge in [-0.3, -0.25) is 4.79 Å². The quantitative estimate of drug-likeness (QED) is 0.280. The lowest BCUT2D eigenvalue weighted by molar-refractivity contribution is -0.137. The van der Waals surface area contributed by atoms with Crippen molar-refractivity contribution in [3.05, 3.63) is 46.1 Å². The van der Waals surface area contributed by atoms with E-state index in [1.165, 1.54) is 11.6 Å². The summed E-state index contributed by atoms with van der Waals surface area (Å²) in [6.07, 6.45) is 8.17. The van der Waals surface area contributed by atoms with Gasteiger partial charge < -0.3 is 20.4 Å². The molecular formula is C23H32O6. The molecule has 0 bridgehead atoms. The first-order valence-electron chi connectivity index (χ1n) is 9.94.